The highest BCUT2D eigenvalue weighted by Crippen LogP contribution is 2.28. The number of aliphatic imine (C=N–C) groups is 1. The zero-order valence-corrected chi connectivity index (χ0v) is 17.0. The van der Waals surface area contributed by atoms with Crippen LogP contribution >= 0.6 is 34.2 Å². The Morgan fingerprint density at radius 2 is 2.04 bits per heavy atom. The normalized spacial score (nSPS) is 15.3. The molecule has 1 aromatic heterocycles. The number of carbonyl (C=O) groups is 2. The minimum absolute atomic E-state index is 0.111. The summed E-state index contributed by atoms with van der Waals surface area (Å²) in [5.74, 6) is -0.496. The van der Waals surface area contributed by atoms with Crippen molar-refractivity contribution in [3.05, 3.63) is 74.1 Å². The van der Waals surface area contributed by atoms with E-state index in [-0.39, 0.29) is 17.5 Å². The van der Waals surface area contributed by atoms with E-state index in [1.54, 1.807) is 29.0 Å². The fourth-order valence-electron chi connectivity index (χ4n) is 2.91. The minimum atomic E-state index is -0.556. The van der Waals surface area contributed by atoms with E-state index in [0.717, 1.165) is 14.5 Å². The van der Waals surface area contributed by atoms with Crippen LogP contribution in [-0.4, -0.2) is 22.3 Å². The Hall–Kier alpha value is -2.45. The molecular weight excluding hydrogens is 479 g/mol. The molecule has 5 nitrogen and oxygen atoms in total. The molecule has 1 aliphatic rings. The molecule has 0 aliphatic carbocycles. The lowest BCUT2D eigenvalue weighted by atomic mass is 10.1. The number of halogens is 2. The average Bonchev–Trinajstić information content (AvgIpc) is 3.19. The molecule has 0 saturated heterocycles. The Kier molecular flexibility index (Phi) is 4.61. The fourth-order valence-corrected chi connectivity index (χ4v) is 3.60. The summed E-state index contributed by atoms with van der Waals surface area (Å²) in [4.78, 5) is 28.5. The lowest BCUT2D eigenvalue weighted by molar-refractivity contribution is -0.129. The summed E-state index contributed by atoms with van der Waals surface area (Å²) in [6.07, 6.45) is 3.32. The number of benzene rings is 2. The van der Waals surface area contributed by atoms with Crippen LogP contribution in [0.2, 0.25) is 5.02 Å². The first-order valence-electron chi connectivity index (χ1n) is 8.03. The van der Waals surface area contributed by atoms with Crippen molar-refractivity contribution in [3.8, 4) is 0 Å². The van der Waals surface area contributed by atoms with Crippen LogP contribution in [0.3, 0.4) is 0 Å². The molecule has 0 unspecified atom stereocenters. The number of carbonyl (C=O) groups excluding carboxylic acids is 2. The molecule has 3 aromatic rings. The second-order valence-electron chi connectivity index (χ2n) is 5.95. The third kappa shape index (κ3) is 3.30. The molecule has 0 N–H and O–H groups in total. The molecule has 0 bridgehead atoms. The molecule has 134 valence electrons. The average molecular weight is 491 g/mol. The van der Waals surface area contributed by atoms with E-state index in [2.05, 4.69) is 27.6 Å². The number of nitrogens with zero attached hydrogens (tertiary/aromatic N) is 2. The van der Waals surface area contributed by atoms with Gasteiger partial charge in [0.2, 0.25) is 11.8 Å². The van der Waals surface area contributed by atoms with Gasteiger partial charge in [0.1, 0.15) is 0 Å². The number of hydrogen-bond acceptors (Lipinski definition) is 4. The van der Waals surface area contributed by atoms with Crippen molar-refractivity contribution in [2.24, 2.45) is 4.99 Å². The molecule has 0 spiro atoms. The van der Waals surface area contributed by atoms with Gasteiger partial charge in [-0.05, 0) is 52.9 Å². The Bertz CT molecular complexity index is 1180. The van der Waals surface area contributed by atoms with E-state index in [1.165, 1.54) is 6.92 Å². The SMILES string of the molecule is CC(=O)n1cc(C=C2N=C(c3cc(I)ccc3Cl)OC2=O)c2ccccc21. The van der Waals surface area contributed by atoms with Crippen molar-refractivity contribution >= 4 is 68.9 Å². The zero-order chi connectivity index (χ0) is 19.1. The minimum Gasteiger partial charge on any atom is -0.402 e. The van der Waals surface area contributed by atoms with Crippen LogP contribution in [0.5, 0.6) is 0 Å². The second-order valence-corrected chi connectivity index (χ2v) is 7.60. The summed E-state index contributed by atoms with van der Waals surface area (Å²) in [5.41, 5.74) is 2.21. The van der Waals surface area contributed by atoms with Gasteiger partial charge in [-0.2, -0.15) is 0 Å². The molecule has 0 fully saturated rings. The number of ether oxygens (including phenoxy) is 1. The quantitative estimate of drug-likeness (QED) is 0.292. The van der Waals surface area contributed by atoms with E-state index in [9.17, 15) is 9.59 Å². The lowest BCUT2D eigenvalue weighted by Crippen LogP contribution is -2.06. The number of fused-ring (bicyclic) bond motifs is 1. The number of esters is 1. The van der Waals surface area contributed by atoms with E-state index in [1.807, 2.05) is 30.3 Å². The first-order valence-corrected chi connectivity index (χ1v) is 9.49. The Balaban J connectivity index is 1.82. The van der Waals surface area contributed by atoms with Gasteiger partial charge in [-0.15, -0.1) is 0 Å². The largest absolute Gasteiger partial charge is 0.402 e. The highest BCUT2D eigenvalue weighted by molar-refractivity contribution is 14.1. The third-order valence-electron chi connectivity index (χ3n) is 4.15. The van der Waals surface area contributed by atoms with Crippen LogP contribution in [0.1, 0.15) is 22.8 Å². The topological polar surface area (TPSA) is 60.7 Å². The first-order chi connectivity index (χ1) is 12.9. The van der Waals surface area contributed by atoms with Crippen LogP contribution in [0.15, 0.2) is 59.4 Å². The number of hydrogen-bond donors (Lipinski definition) is 0. The highest BCUT2D eigenvalue weighted by atomic mass is 127. The number of para-hydroxylation sites is 1. The van der Waals surface area contributed by atoms with Crippen molar-refractivity contribution in [3.63, 3.8) is 0 Å². The molecule has 4 rings (SSSR count). The van der Waals surface area contributed by atoms with Crippen LogP contribution < -0.4 is 0 Å². The number of cyclic esters (lactones) is 1. The van der Waals surface area contributed by atoms with Crippen molar-refractivity contribution in [1.82, 2.24) is 4.57 Å². The predicted molar refractivity (Wildman–Crippen MR) is 113 cm³/mol. The Labute approximate surface area is 173 Å². The summed E-state index contributed by atoms with van der Waals surface area (Å²) >= 11 is 8.36. The van der Waals surface area contributed by atoms with Crippen LogP contribution in [0.25, 0.3) is 17.0 Å². The second kappa shape index (κ2) is 6.94. The maximum atomic E-state index is 12.3. The van der Waals surface area contributed by atoms with Gasteiger partial charge in [-0.25, -0.2) is 9.79 Å². The van der Waals surface area contributed by atoms with Gasteiger partial charge in [0.15, 0.2) is 5.70 Å². The van der Waals surface area contributed by atoms with Gasteiger partial charge in [-0.3, -0.25) is 9.36 Å². The highest BCUT2D eigenvalue weighted by Gasteiger charge is 2.26. The predicted octanol–water partition coefficient (Wildman–Crippen LogP) is 4.90. The molecule has 2 aromatic carbocycles. The fraction of sp³-hybridized carbons (Fsp3) is 0.0500. The van der Waals surface area contributed by atoms with Crippen LogP contribution in [0, 0.1) is 3.57 Å². The van der Waals surface area contributed by atoms with Gasteiger partial charge in [0.05, 0.1) is 16.1 Å². The standard InChI is InChI=1S/C20H12ClIN2O3/c1-11(25)24-10-12(14-4-2-3-5-18(14)24)8-17-20(26)27-19(23-17)15-9-13(22)6-7-16(15)21/h2-10H,1H3. The molecule has 27 heavy (non-hydrogen) atoms. The molecule has 0 saturated carbocycles. The Morgan fingerprint density at radius 1 is 1.26 bits per heavy atom. The van der Waals surface area contributed by atoms with Crippen LogP contribution in [0.4, 0.5) is 0 Å². The maximum absolute atomic E-state index is 12.3. The monoisotopic (exact) mass is 490 g/mol. The van der Waals surface area contributed by atoms with Gasteiger partial charge < -0.3 is 4.74 Å². The van der Waals surface area contributed by atoms with Gasteiger partial charge >= 0.3 is 5.97 Å². The van der Waals surface area contributed by atoms with E-state index in [0.29, 0.717) is 16.1 Å². The van der Waals surface area contributed by atoms with Crippen LogP contribution in [-0.2, 0) is 9.53 Å². The van der Waals surface area contributed by atoms with Gasteiger partial charge in [0, 0.05) is 27.6 Å². The summed E-state index contributed by atoms with van der Waals surface area (Å²) < 4.78 is 7.81. The molecule has 7 heteroatoms. The summed E-state index contributed by atoms with van der Waals surface area (Å²) in [6, 6.07) is 12.9. The number of rotatable bonds is 2. The summed E-state index contributed by atoms with van der Waals surface area (Å²) in [6.45, 7) is 1.49. The maximum Gasteiger partial charge on any atom is 0.363 e. The smallest absolute Gasteiger partial charge is 0.363 e. The summed E-state index contributed by atoms with van der Waals surface area (Å²) in [7, 11) is 0. The molecule has 0 radical (unpaired) electrons. The molecule has 0 atom stereocenters. The van der Waals surface area contributed by atoms with Crippen molar-refractivity contribution < 1.29 is 14.3 Å². The van der Waals surface area contributed by atoms with Crippen molar-refractivity contribution in [2.75, 3.05) is 0 Å². The molecule has 2 heterocycles. The van der Waals surface area contributed by atoms with Crippen molar-refractivity contribution in [2.45, 2.75) is 6.92 Å². The van der Waals surface area contributed by atoms with Gasteiger partial charge in [-0.1, -0.05) is 29.8 Å². The van der Waals surface area contributed by atoms with Crippen molar-refractivity contribution in [1.29, 1.82) is 0 Å². The lowest BCUT2D eigenvalue weighted by Gasteiger charge is -2.02. The van der Waals surface area contributed by atoms with E-state index < -0.39 is 5.97 Å². The first kappa shape index (κ1) is 17.9. The third-order valence-corrected chi connectivity index (χ3v) is 5.15. The van der Waals surface area contributed by atoms with E-state index in [4.69, 9.17) is 16.3 Å². The Morgan fingerprint density at radius 3 is 2.81 bits per heavy atom. The van der Waals surface area contributed by atoms with Gasteiger partial charge in [0.25, 0.3) is 0 Å². The molecular formula is C20H12ClIN2O3. The van der Waals surface area contributed by atoms with E-state index >= 15 is 0 Å². The zero-order valence-electron chi connectivity index (χ0n) is 14.1. The molecule has 1 aliphatic heterocycles. The summed E-state index contributed by atoms with van der Waals surface area (Å²) in [5, 5.41) is 1.31. The molecule has 0 amide bonds. The number of aromatic nitrogens is 1.